The first-order valence-electron chi connectivity index (χ1n) is 4.88. The number of aryl methyl sites for hydroxylation is 1. The lowest BCUT2D eigenvalue weighted by atomic mass is 10.5. The van der Waals surface area contributed by atoms with Crippen LogP contribution in [-0.2, 0) is 25.4 Å². The van der Waals surface area contributed by atoms with Gasteiger partial charge < -0.3 is 5.11 Å². The predicted molar refractivity (Wildman–Crippen MR) is 62.9 cm³/mol. The van der Waals surface area contributed by atoms with E-state index < -0.39 is 23.8 Å². The highest BCUT2D eigenvalue weighted by molar-refractivity contribution is 6.29. The third-order valence-electron chi connectivity index (χ3n) is 2.59. The van der Waals surface area contributed by atoms with E-state index in [4.69, 9.17) is 16.7 Å². The smallest absolute Gasteiger partial charge is 0.332 e. The summed E-state index contributed by atoms with van der Waals surface area (Å²) in [5.74, 6) is -1.16. The Labute approximate surface area is 105 Å². The fraction of sp³-hybridized carbons (Fsp3) is 0.333. The van der Waals surface area contributed by atoms with Crippen LogP contribution < -0.4 is 11.2 Å². The van der Waals surface area contributed by atoms with E-state index in [9.17, 15) is 14.4 Å². The lowest BCUT2D eigenvalue weighted by Crippen LogP contribution is -2.37. The van der Waals surface area contributed by atoms with Crippen molar-refractivity contribution in [2.75, 3.05) is 0 Å². The van der Waals surface area contributed by atoms with Crippen molar-refractivity contribution in [1.29, 1.82) is 0 Å². The van der Waals surface area contributed by atoms with Crippen LogP contribution in [0.25, 0.3) is 11.2 Å². The Morgan fingerprint density at radius 3 is 2.50 bits per heavy atom. The molecular formula is C9H9ClN4O4. The standard InChI is InChI=1S/C9H9ClN4O4/c1-12-6-5(7(17)13(2)9(12)18)14(3-4(15)16)8(10)11-6/h3H2,1-2H3,(H,15,16). The molecule has 2 heterocycles. The number of nitrogens with zero attached hydrogens (tertiary/aromatic N) is 4. The Morgan fingerprint density at radius 2 is 1.94 bits per heavy atom. The number of halogens is 1. The van der Waals surface area contributed by atoms with Gasteiger partial charge in [0.1, 0.15) is 6.54 Å². The summed E-state index contributed by atoms with van der Waals surface area (Å²) in [4.78, 5) is 38.2. The van der Waals surface area contributed by atoms with Gasteiger partial charge in [-0.05, 0) is 11.6 Å². The van der Waals surface area contributed by atoms with Crippen molar-refractivity contribution >= 4 is 28.7 Å². The molecule has 0 radical (unpaired) electrons. The first-order chi connectivity index (χ1) is 8.34. The van der Waals surface area contributed by atoms with E-state index in [1.54, 1.807) is 0 Å². The largest absolute Gasteiger partial charge is 0.480 e. The maximum atomic E-state index is 12.0. The number of carboxylic acid groups (broad SMARTS) is 1. The van der Waals surface area contributed by atoms with Crippen molar-refractivity contribution in [3.05, 3.63) is 26.1 Å². The maximum absolute atomic E-state index is 12.0. The fourth-order valence-electron chi connectivity index (χ4n) is 1.70. The molecule has 18 heavy (non-hydrogen) atoms. The number of aromatic nitrogens is 4. The Bertz CT molecular complexity index is 769. The fourth-order valence-corrected chi connectivity index (χ4v) is 1.92. The average Bonchev–Trinajstić information content (AvgIpc) is 2.61. The van der Waals surface area contributed by atoms with Crippen LogP contribution in [0.4, 0.5) is 0 Å². The van der Waals surface area contributed by atoms with Gasteiger partial charge in [0.2, 0.25) is 5.28 Å². The second-order valence-corrected chi connectivity index (χ2v) is 4.08. The number of hydrogen-bond acceptors (Lipinski definition) is 4. The molecule has 0 aromatic carbocycles. The molecule has 0 bridgehead atoms. The van der Waals surface area contributed by atoms with E-state index in [1.807, 2.05) is 0 Å². The highest BCUT2D eigenvalue weighted by Crippen LogP contribution is 2.14. The minimum absolute atomic E-state index is 0.00741. The molecule has 96 valence electrons. The second-order valence-electron chi connectivity index (χ2n) is 3.74. The van der Waals surface area contributed by atoms with Gasteiger partial charge in [0.15, 0.2) is 11.2 Å². The van der Waals surface area contributed by atoms with Gasteiger partial charge in [-0.2, -0.15) is 4.98 Å². The van der Waals surface area contributed by atoms with E-state index >= 15 is 0 Å². The molecule has 0 fully saturated rings. The van der Waals surface area contributed by atoms with Crippen LogP contribution in [0.1, 0.15) is 0 Å². The quantitative estimate of drug-likeness (QED) is 0.720. The molecule has 0 atom stereocenters. The van der Waals surface area contributed by atoms with Crippen molar-refractivity contribution in [3.63, 3.8) is 0 Å². The highest BCUT2D eigenvalue weighted by atomic mass is 35.5. The third kappa shape index (κ3) is 1.61. The van der Waals surface area contributed by atoms with Crippen molar-refractivity contribution in [1.82, 2.24) is 18.7 Å². The van der Waals surface area contributed by atoms with Gasteiger partial charge in [0.25, 0.3) is 5.56 Å². The minimum atomic E-state index is -1.16. The summed E-state index contributed by atoms with van der Waals surface area (Å²) < 4.78 is 3.07. The predicted octanol–water partition coefficient (Wildman–Crippen LogP) is -0.828. The van der Waals surface area contributed by atoms with E-state index in [1.165, 1.54) is 14.1 Å². The van der Waals surface area contributed by atoms with Gasteiger partial charge >= 0.3 is 11.7 Å². The number of hydrogen-bond donors (Lipinski definition) is 1. The van der Waals surface area contributed by atoms with Crippen molar-refractivity contribution in [2.24, 2.45) is 14.1 Å². The normalized spacial score (nSPS) is 11.1. The van der Waals surface area contributed by atoms with Crippen molar-refractivity contribution in [2.45, 2.75) is 6.54 Å². The molecule has 0 amide bonds. The van der Waals surface area contributed by atoms with Crippen LogP contribution in [-0.4, -0.2) is 29.8 Å². The second kappa shape index (κ2) is 3.98. The molecule has 1 N–H and O–H groups in total. The molecule has 0 unspecified atom stereocenters. The zero-order valence-corrected chi connectivity index (χ0v) is 10.3. The summed E-state index contributed by atoms with van der Waals surface area (Å²) in [5.41, 5.74) is -1.13. The van der Waals surface area contributed by atoms with Crippen LogP contribution in [0.3, 0.4) is 0 Å². The van der Waals surface area contributed by atoms with Gasteiger partial charge in [-0.15, -0.1) is 0 Å². The van der Waals surface area contributed by atoms with Gasteiger partial charge in [-0.25, -0.2) is 4.79 Å². The zero-order chi connectivity index (χ0) is 13.6. The summed E-state index contributed by atoms with van der Waals surface area (Å²) in [5, 5.41) is 8.62. The molecule has 2 aromatic rings. The first-order valence-corrected chi connectivity index (χ1v) is 5.26. The molecule has 0 aliphatic heterocycles. The van der Waals surface area contributed by atoms with Crippen molar-refractivity contribution < 1.29 is 9.90 Å². The van der Waals surface area contributed by atoms with Crippen LogP contribution in [0.2, 0.25) is 5.28 Å². The Morgan fingerprint density at radius 1 is 1.33 bits per heavy atom. The van der Waals surface area contributed by atoms with E-state index in [0.717, 1.165) is 13.7 Å². The Hall–Kier alpha value is -2.09. The molecule has 0 spiro atoms. The number of imidazole rings is 1. The zero-order valence-electron chi connectivity index (χ0n) is 9.55. The highest BCUT2D eigenvalue weighted by Gasteiger charge is 2.19. The van der Waals surface area contributed by atoms with Crippen molar-refractivity contribution in [3.8, 4) is 0 Å². The number of fused-ring (bicyclic) bond motifs is 1. The third-order valence-corrected chi connectivity index (χ3v) is 2.88. The van der Waals surface area contributed by atoms with Gasteiger partial charge in [-0.3, -0.25) is 23.3 Å². The summed E-state index contributed by atoms with van der Waals surface area (Å²) in [6, 6.07) is 0. The van der Waals surface area contributed by atoms with Crippen LogP contribution >= 0.6 is 11.6 Å². The summed E-state index contributed by atoms with van der Waals surface area (Å²) in [6.45, 7) is -0.497. The summed E-state index contributed by atoms with van der Waals surface area (Å²) >= 11 is 5.79. The number of carbonyl (C=O) groups is 1. The number of aliphatic carboxylic acids is 1. The van der Waals surface area contributed by atoms with Crippen LogP contribution in [0, 0.1) is 0 Å². The molecule has 2 rings (SSSR count). The molecule has 9 heteroatoms. The van der Waals surface area contributed by atoms with Gasteiger partial charge in [-0.1, -0.05) is 0 Å². The minimum Gasteiger partial charge on any atom is -0.480 e. The molecule has 0 aliphatic carbocycles. The Balaban J connectivity index is 2.99. The topological polar surface area (TPSA) is 99.1 Å². The number of rotatable bonds is 2. The van der Waals surface area contributed by atoms with Crippen LogP contribution in [0.15, 0.2) is 9.59 Å². The summed E-state index contributed by atoms with van der Waals surface area (Å²) in [7, 11) is 2.73. The lowest BCUT2D eigenvalue weighted by molar-refractivity contribution is -0.137. The average molecular weight is 273 g/mol. The van der Waals surface area contributed by atoms with E-state index in [-0.39, 0.29) is 16.4 Å². The SMILES string of the molecule is Cn1c(=O)c2c(nc(Cl)n2CC(=O)O)n(C)c1=O. The van der Waals surface area contributed by atoms with Gasteiger partial charge in [0, 0.05) is 14.1 Å². The monoisotopic (exact) mass is 272 g/mol. The molecule has 0 saturated heterocycles. The summed E-state index contributed by atoms with van der Waals surface area (Å²) in [6.07, 6.45) is 0. The molecule has 8 nitrogen and oxygen atoms in total. The molecule has 2 aromatic heterocycles. The first kappa shape index (κ1) is 12.4. The maximum Gasteiger partial charge on any atom is 0.332 e. The van der Waals surface area contributed by atoms with Gasteiger partial charge in [0.05, 0.1) is 0 Å². The van der Waals surface area contributed by atoms with E-state index in [0.29, 0.717) is 0 Å². The number of carboxylic acids is 1. The van der Waals surface area contributed by atoms with Crippen LogP contribution in [0.5, 0.6) is 0 Å². The Kier molecular flexibility index (Phi) is 2.74. The molecular weight excluding hydrogens is 264 g/mol. The lowest BCUT2D eigenvalue weighted by Gasteiger charge is -2.04. The van der Waals surface area contributed by atoms with E-state index in [2.05, 4.69) is 4.98 Å². The molecule has 0 aliphatic rings. The molecule has 0 saturated carbocycles.